The van der Waals surface area contributed by atoms with Crippen LogP contribution in [-0.2, 0) is 0 Å². The Morgan fingerprint density at radius 3 is 2.00 bits per heavy atom. The van der Waals surface area contributed by atoms with E-state index in [1.807, 2.05) is 11.0 Å². The summed E-state index contributed by atoms with van der Waals surface area (Å²) in [6, 6.07) is 0. The van der Waals surface area contributed by atoms with Crippen molar-refractivity contribution in [1.29, 1.82) is 0 Å². The van der Waals surface area contributed by atoms with E-state index in [-0.39, 0.29) is 0 Å². The molecule has 0 heterocycles. The van der Waals surface area contributed by atoms with E-state index in [1.165, 1.54) is 0 Å². The van der Waals surface area contributed by atoms with Crippen molar-refractivity contribution in [2.24, 2.45) is 0 Å². The lowest BCUT2D eigenvalue weighted by Gasteiger charge is -2.16. The third-order valence-electron chi connectivity index (χ3n) is 1.13. The molecule has 0 saturated heterocycles. The molecule has 0 atom stereocenters. The first-order valence-electron chi connectivity index (χ1n) is 2.48. The second-order valence-electron chi connectivity index (χ2n) is 2.35. The van der Waals surface area contributed by atoms with Gasteiger partial charge in [-0.3, -0.25) is 0 Å². The van der Waals surface area contributed by atoms with Crippen molar-refractivity contribution in [1.82, 2.24) is 0 Å². The van der Waals surface area contributed by atoms with Gasteiger partial charge in [0.25, 0.3) is 0 Å². The molecule has 0 aromatic rings. The van der Waals surface area contributed by atoms with Crippen molar-refractivity contribution in [2.75, 3.05) is 0 Å². The number of hydrogen-bond donors (Lipinski definition) is 1. The number of aliphatic hydroxyl groups is 1. The van der Waals surface area contributed by atoms with Crippen molar-refractivity contribution in [2.45, 2.75) is 26.4 Å². The molecule has 0 fully saturated rings. The zero-order valence-electron chi connectivity index (χ0n) is 5.40. The van der Waals surface area contributed by atoms with E-state index in [4.69, 9.17) is 0 Å². The third kappa shape index (κ3) is 2.67. The zero-order valence-corrected chi connectivity index (χ0v) is 7.56. The van der Waals surface area contributed by atoms with E-state index in [1.54, 1.807) is 13.8 Å². The molecular weight excluding hydrogens is 215 g/mol. The van der Waals surface area contributed by atoms with Crippen LogP contribution in [0.1, 0.15) is 20.8 Å². The second-order valence-corrected chi connectivity index (χ2v) is 2.97. The van der Waals surface area contributed by atoms with Crippen molar-refractivity contribution in [3.05, 3.63) is 9.66 Å². The second kappa shape index (κ2) is 2.82. The van der Waals surface area contributed by atoms with Gasteiger partial charge in [0.15, 0.2) is 0 Å². The highest BCUT2D eigenvalue weighted by molar-refractivity contribution is 14.1. The van der Waals surface area contributed by atoms with Crippen LogP contribution in [0.25, 0.3) is 0 Å². The van der Waals surface area contributed by atoms with Gasteiger partial charge in [-0.05, 0) is 30.4 Å². The Hall–Kier alpha value is 0.430. The molecule has 0 aromatic heterocycles. The predicted octanol–water partition coefficient (Wildman–Crippen LogP) is 2.10. The predicted molar refractivity (Wildman–Crippen MR) is 44.1 cm³/mol. The summed E-state index contributed by atoms with van der Waals surface area (Å²) in [5.74, 6) is 0. The molecule has 0 saturated carbocycles. The monoisotopic (exact) mass is 226 g/mol. The topological polar surface area (TPSA) is 20.2 Å². The normalized spacial score (nSPS) is 14.4. The molecule has 1 N–H and O–H groups in total. The Balaban J connectivity index is 4.03. The fourth-order valence-electron chi connectivity index (χ4n) is 0.134. The Morgan fingerprint density at radius 1 is 1.62 bits per heavy atom. The minimum Gasteiger partial charge on any atom is -0.386 e. The Labute approximate surface area is 63.9 Å². The smallest absolute Gasteiger partial charge is 0.0805 e. The first-order chi connectivity index (χ1) is 3.48. The molecule has 48 valence electrons. The van der Waals surface area contributed by atoms with Crippen LogP contribution in [0.3, 0.4) is 0 Å². The van der Waals surface area contributed by atoms with Crippen LogP contribution >= 0.6 is 22.6 Å². The van der Waals surface area contributed by atoms with Crippen LogP contribution < -0.4 is 0 Å². The van der Waals surface area contributed by atoms with Gasteiger partial charge in [0, 0.05) is 0 Å². The van der Waals surface area contributed by atoms with Crippen LogP contribution in [-0.4, -0.2) is 10.7 Å². The first kappa shape index (κ1) is 8.43. The Bertz CT molecular complexity index is 99.6. The van der Waals surface area contributed by atoms with Gasteiger partial charge in [-0.25, -0.2) is 0 Å². The highest BCUT2D eigenvalue weighted by atomic mass is 127. The van der Waals surface area contributed by atoms with Crippen molar-refractivity contribution in [3.8, 4) is 0 Å². The summed E-state index contributed by atoms with van der Waals surface area (Å²) in [6.45, 7) is 5.46. The SMILES string of the molecule is C/C(=C\I)C(C)(C)O. The molecule has 0 aliphatic rings. The van der Waals surface area contributed by atoms with Crippen molar-refractivity contribution in [3.63, 3.8) is 0 Å². The Morgan fingerprint density at radius 2 is 2.00 bits per heavy atom. The average Bonchev–Trinajstić information content (AvgIpc) is 1.62. The lowest BCUT2D eigenvalue weighted by Crippen LogP contribution is -2.19. The molecule has 0 aromatic carbocycles. The van der Waals surface area contributed by atoms with Gasteiger partial charge in [0.05, 0.1) is 5.60 Å². The standard InChI is InChI=1S/C6H11IO/c1-5(4-7)6(2,3)8/h4,8H,1-3H3/b5-4+. The van der Waals surface area contributed by atoms with Crippen LogP contribution in [0.4, 0.5) is 0 Å². The van der Waals surface area contributed by atoms with E-state index in [9.17, 15) is 5.11 Å². The number of halogens is 1. The highest BCUT2D eigenvalue weighted by Crippen LogP contribution is 2.15. The molecule has 0 spiro atoms. The maximum Gasteiger partial charge on any atom is 0.0805 e. The molecule has 0 rings (SSSR count). The molecule has 0 aliphatic heterocycles. The highest BCUT2D eigenvalue weighted by Gasteiger charge is 2.13. The van der Waals surface area contributed by atoms with Gasteiger partial charge in [0.2, 0.25) is 0 Å². The minimum absolute atomic E-state index is 0.638. The van der Waals surface area contributed by atoms with Crippen LogP contribution in [0.5, 0.6) is 0 Å². The molecule has 0 bridgehead atoms. The summed E-state index contributed by atoms with van der Waals surface area (Å²) in [5.41, 5.74) is 0.361. The third-order valence-corrected chi connectivity index (χ3v) is 2.06. The molecule has 2 heteroatoms. The molecule has 0 radical (unpaired) electrons. The molecule has 1 nitrogen and oxygen atoms in total. The maximum absolute atomic E-state index is 9.21. The zero-order chi connectivity index (χ0) is 6.78. The lowest BCUT2D eigenvalue weighted by molar-refractivity contribution is 0.120. The van der Waals surface area contributed by atoms with Crippen molar-refractivity contribution >= 4 is 22.6 Å². The summed E-state index contributed by atoms with van der Waals surface area (Å²) in [5, 5.41) is 9.21. The fraction of sp³-hybridized carbons (Fsp3) is 0.667. The van der Waals surface area contributed by atoms with E-state index in [0.29, 0.717) is 0 Å². The van der Waals surface area contributed by atoms with Gasteiger partial charge in [-0.1, -0.05) is 22.6 Å². The summed E-state index contributed by atoms with van der Waals surface area (Å²) < 4.78 is 1.89. The summed E-state index contributed by atoms with van der Waals surface area (Å²) in [4.78, 5) is 0. The van der Waals surface area contributed by atoms with Crippen LogP contribution in [0, 0.1) is 0 Å². The van der Waals surface area contributed by atoms with Crippen LogP contribution in [0.15, 0.2) is 9.66 Å². The van der Waals surface area contributed by atoms with Gasteiger partial charge in [-0.15, -0.1) is 0 Å². The molecule has 8 heavy (non-hydrogen) atoms. The average molecular weight is 226 g/mol. The number of rotatable bonds is 1. The van der Waals surface area contributed by atoms with Gasteiger partial charge >= 0.3 is 0 Å². The quantitative estimate of drug-likeness (QED) is 0.679. The maximum atomic E-state index is 9.21. The molecule has 0 amide bonds. The lowest BCUT2D eigenvalue weighted by atomic mass is 10.0. The van der Waals surface area contributed by atoms with Gasteiger partial charge in [0.1, 0.15) is 0 Å². The van der Waals surface area contributed by atoms with Crippen LogP contribution in [0.2, 0.25) is 0 Å². The van der Waals surface area contributed by atoms with Crippen molar-refractivity contribution < 1.29 is 5.11 Å². The molecular formula is C6H11IO. The largest absolute Gasteiger partial charge is 0.386 e. The summed E-state index contributed by atoms with van der Waals surface area (Å²) in [7, 11) is 0. The molecule has 0 aliphatic carbocycles. The minimum atomic E-state index is -0.638. The van der Waals surface area contributed by atoms with Gasteiger partial charge in [-0.2, -0.15) is 0 Å². The van der Waals surface area contributed by atoms with E-state index in [2.05, 4.69) is 22.6 Å². The van der Waals surface area contributed by atoms with E-state index in [0.717, 1.165) is 5.57 Å². The first-order valence-corrected chi connectivity index (χ1v) is 3.73. The fourth-order valence-corrected chi connectivity index (χ4v) is 0.896. The van der Waals surface area contributed by atoms with E-state index < -0.39 is 5.60 Å². The summed E-state index contributed by atoms with van der Waals surface area (Å²) >= 11 is 2.12. The van der Waals surface area contributed by atoms with Gasteiger partial charge < -0.3 is 5.11 Å². The summed E-state index contributed by atoms with van der Waals surface area (Å²) in [6.07, 6.45) is 0. The number of hydrogen-bond acceptors (Lipinski definition) is 1. The van der Waals surface area contributed by atoms with E-state index >= 15 is 0 Å². The Kier molecular flexibility index (Phi) is 2.98. The molecule has 0 unspecified atom stereocenters.